The van der Waals surface area contributed by atoms with Gasteiger partial charge in [-0.15, -0.1) is 0 Å². The van der Waals surface area contributed by atoms with Gasteiger partial charge in [0.15, 0.2) is 11.4 Å². The van der Waals surface area contributed by atoms with Crippen LogP contribution in [0.5, 0.6) is 5.75 Å². The van der Waals surface area contributed by atoms with E-state index in [-0.39, 0.29) is 30.5 Å². The minimum absolute atomic E-state index is 0.00458. The molecule has 8 heteroatoms. The Hall–Kier alpha value is -3.42. The summed E-state index contributed by atoms with van der Waals surface area (Å²) in [4.78, 5) is 23.3. The molecule has 32 heavy (non-hydrogen) atoms. The van der Waals surface area contributed by atoms with E-state index in [0.717, 1.165) is 17.7 Å². The van der Waals surface area contributed by atoms with Crippen LogP contribution in [0.2, 0.25) is 0 Å². The molecule has 0 N–H and O–H groups in total. The van der Waals surface area contributed by atoms with Crippen LogP contribution in [0.1, 0.15) is 52.8 Å². The summed E-state index contributed by atoms with van der Waals surface area (Å²) in [6.45, 7) is 4.20. The lowest BCUT2D eigenvalue weighted by Crippen LogP contribution is -2.28. The van der Waals surface area contributed by atoms with E-state index in [1.807, 2.05) is 44.2 Å². The van der Waals surface area contributed by atoms with Gasteiger partial charge in [0.25, 0.3) is 5.91 Å². The van der Waals surface area contributed by atoms with Crippen molar-refractivity contribution in [3.8, 4) is 5.75 Å². The van der Waals surface area contributed by atoms with Crippen LogP contribution in [0.25, 0.3) is 0 Å². The SMILES string of the molecule is CC(C)c1ncc(OCc2ccccc2)c(C(=O)N(C)Cc2ccc(C(F)(F)F)cc2)n1. The Morgan fingerprint density at radius 3 is 2.28 bits per heavy atom. The summed E-state index contributed by atoms with van der Waals surface area (Å²) in [7, 11) is 1.57. The van der Waals surface area contributed by atoms with Crippen LogP contribution in [-0.4, -0.2) is 27.8 Å². The Bertz CT molecular complexity index is 1050. The van der Waals surface area contributed by atoms with Gasteiger partial charge in [-0.05, 0) is 23.3 Å². The van der Waals surface area contributed by atoms with Crippen molar-refractivity contribution in [1.82, 2.24) is 14.9 Å². The molecule has 0 atom stereocenters. The van der Waals surface area contributed by atoms with E-state index in [9.17, 15) is 18.0 Å². The maximum atomic E-state index is 13.2. The lowest BCUT2D eigenvalue weighted by Gasteiger charge is -2.20. The fourth-order valence-electron chi connectivity index (χ4n) is 2.98. The summed E-state index contributed by atoms with van der Waals surface area (Å²) in [5.41, 5.74) is 0.883. The lowest BCUT2D eigenvalue weighted by molar-refractivity contribution is -0.137. The summed E-state index contributed by atoms with van der Waals surface area (Å²) in [6.07, 6.45) is -2.91. The van der Waals surface area contributed by atoms with Gasteiger partial charge >= 0.3 is 6.18 Å². The smallest absolute Gasteiger partial charge is 0.416 e. The molecule has 0 aliphatic carbocycles. The molecule has 3 rings (SSSR count). The van der Waals surface area contributed by atoms with Crippen LogP contribution in [0.4, 0.5) is 13.2 Å². The predicted octanol–water partition coefficient (Wildman–Crippen LogP) is 5.47. The zero-order chi connectivity index (χ0) is 23.3. The van der Waals surface area contributed by atoms with Gasteiger partial charge in [-0.25, -0.2) is 9.97 Å². The summed E-state index contributed by atoms with van der Waals surface area (Å²) >= 11 is 0. The number of halogens is 3. The normalized spacial score (nSPS) is 11.5. The fourth-order valence-corrected chi connectivity index (χ4v) is 2.98. The molecule has 1 aromatic heterocycles. The third-order valence-corrected chi connectivity index (χ3v) is 4.78. The van der Waals surface area contributed by atoms with Crippen molar-refractivity contribution < 1.29 is 22.7 Å². The molecule has 0 saturated carbocycles. The number of benzene rings is 2. The number of carbonyl (C=O) groups excluding carboxylic acids is 1. The van der Waals surface area contributed by atoms with Gasteiger partial charge in [-0.2, -0.15) is 13.2 Å². The molecule has 0 spiro atoms. The minimum Gasteiger partial charge on any atom is -0.485 e. The summed E-state index contributed by atoms with van der Waals surface area (Å²) in [5.74, 6) is 0.355. The number of rotatable bonds is 7. The van der Waals surface area contributed by atoms with Crippen molar-refractivity contribution in [1.29, 1.82) is 0 Å². The minimum atomic E-state index is -4.40. The Labute approximate surface area is 184 Å². The van der Waals surface area contributed by atoms with E-state index in [0.29, 0.717) is 11.4 Å². The molecule has 1 amide bonds. The number of alkyl halides is 3. The predicted molar refractivity (Wildman–Crippen MR) is 114 cm³/mol. The summed E-state index contributed by atoms with van der Waals surface area (Å²) in [5, 5.41) is 0. The van der Waals surface area contributed by atoms with Crippen LogP contribution in [-0.2, 0) is 19.3 Å². The maximum Gasteiger partial charge on any atom is 0.416 e. The van der Waals surface area contributed by atoms with E-state index in [2.05, 4.69) is 9.97 Å². The molecule has 0 saturated heterocycles. The largest absolute Gasteiger partial charge is 0.485 e. The second-order valence-electron chi connectivity index (χ2n) is 7.73. The first-order chi connectivity index (χ1) is 15.1. The highest BCUT2D eigenvalue weighted by Crippen LogP contribution is 2.29. The molecule has 0 aliphatic heterocycles. The Kier molecular flexibility index (Phi) is 7.12. The molecule has 2 aromatic carbocycles. The summed E-state index contributed by atoms with van der Waals surface area (Å²) < 4.78 is 44.2. The average molecular weight is 443 g/mol. The number of carbonyl (C=O) groups is 1. The van der Waals surface area contributed by atoms with Crippen LogP contribution in [0.3, 0.4) is 0 Å². The first-order valence-corrected chi connectivity index (χ1v) is 10.1. The number of aromatic nitrogens is 2. The van der Waals surface area contributed by atoms with E-state index < -0.39 is 17.6 Å². The second-order valence-corrected chi connectivity index (χ2v) is 7.73. The highest BCUT2D eigenvalue weighted by Gasteiger charge is 2.30. The number of hydrogen-bond donors (Lipinski definition) is 0. The van der Waals surface area contributed by atoms with Crippen molar-refractivity contribution >= 4 is 5.91 Å². The molecular weight excluding hydrogens is 419 g/mol. The van der Waals surface area contributed by atoms with Crippen molar-refractivity contribution in [3.63, 3.8) is 0 Å². The monoisotopic (exact) mass is 443 g/mol. The number of amides is 1. The molecular formula is C24H24F3N3O2. The van der Waals surface area contributed by atoms with E-state index in [1.165, 1.54) is 23.2 Å². The fraction of sp³-hybridized carbons (Fsp3) is 0.292. The second kappa shape index (κ2) is 9.80. The highest BCUT2D eigenvalue weighted by molar-refractivity contribution is 5.94. The Morgan fingerprint density at radius 1 is 1.03 bits per heavy atom. The van der Waals surface area contributed by atoms with Crippen molar-refractivity contribution in [2.75, 3.05) is 7.05 Å². The van der Waals surface area contributed by atoms with Crippen LogP contribution in [0, 0.1) is 0 Å². The third kappa shape index (κ3) is 5.84. The van der Waals surface area contributed by atoms with Gasteiger partial charge in [-0.3, -0.25) is 4.79 Å². The maximum absolute atomic E-state index is 13.2. The van der Waals surface area contributed by atoms with Gasteiger partial charge in [0.2, 0.25) is 0 Å². The average Bonchev–Trinajstić information content (AvgIpc) is 2.77. The van der Waals surface area contributed by atoms with Crippen molar-refractivity contribution in [2.45, 2.75) is 39.1 Å². The van der Waals surface area contributed by atoms with E-state index in [4.69, 9.17) is 4.74 Å². The Morgan fingerprint density at radius 2 is 1.69 bits per heavy atom. The van der Waals surface area contributed by atoms with Crippen LogP contribution < -0.4 is 4.74 Å². The van der Waals surface area contributed by atoms with Crippen LogP contribution in [0.15, 0.2) is 60.8 Å². The molecule has 3 aromatic rings. The number of ether oxygens (including phenoxy) is 1. The number of nitrogens with zero attached hydrogens (tertiary/aromatic N) is 3. The van der Waals surface area contributed by atoms with Gasteiger partial charge in [0.05, 0.1) is 11.8 Å². The third-order valence-electron chi connectivity index (χ3n) is 4.78. The van der Waals surface area contributed by atoms with Gasteiger partial charge in [-0.1, -0.05) is 56.3 Å². The quantitative estimate of drug-likeness (QED) is 0.486. The van der Waals surface area contributed by atoms with Crippen molar-refractivity contribution in [3.05, 3.63) is 89.0 Å². The van der Waals surface area contributed by atoms with Crippen molar-refractivity contribution in [2.24, 2.45) is 0 Å². The molecule has 1 heterocycles. The molecule has 5 nitrogen and oxygen atoms in total. The molecule has 168 valence electrons. The highest BCUT2D eigenvalue weighted by atomic mass is 19.4. The molecule has 0 radical (unpaired) electrons. The standard InChI is InChI=1S/C24H24F3N3O2/c1-16(2)22-28-13-20(32-15-18-7-5-4-6-8-18)21(29-22)23(31)30(3)14-17-9-11-19(12-10-17)24(25,26)27/h4-13,16H,14-15H2,1-3H3. The zero-order valence-corrected chi connectivity index (χ0v) is 18.1. The van der Waals surface area contributed by atoms with Gasteiger partial charge in [0, 0.05) is 19.5 Å². The Balaban J connectivity index is 1.80. The molecule has 0 aliphatic rings. The first kappa shape index (κ1) is 23.2. The first-order valence-electron chi connectivity index (χ1n) is 10.1. The molecule has 0 fully saturated rings. The molecule has 0 bridgehead atoms. The lowest BCUT2D eigenvalue weighted by atomic mass is 10.1. The summed E-state index contributed by atoms with van der Waals surface area (Å²) in [6, 6.07) is 14.2. The van der Waals surface area contributed by atoms with Crippen LogP contribution >= 0.6 is 0 Å². The topological polar surface area (TPSA) is 55.3 Å². The van der Waals surface area contributed by atoms with E-state index >= 15 is 0 Å². The van der Waals surface area contributed by atoms with Gasteiger partial charge < -0.3 is 9.64 Å². The van der Waals surface area contributed by atoms with Gasteiger partial charge in [0.1, 0.15) is 12.4 Å². The zero-order valence-electron chi connectivity index (χ0n) is 18.1. The molecule has 0 unspecified atom stereocenters. The van der Waals surface area contributed by atoms with E-state index in [1.54, 1.807) is 7.05 Å². The number of hydrogen-bond acceptors (Lipinski definition) is 4.